The van der Waals surface area contributed by atoms with Gasteiger partial charge in [-0.05, 0) is 20.0 Å². The normalized spacial score (nSPS) is 10.8. The summed E-state index contributed by atoms with van der Waals surface area (Å²) in [5.74, 6) is 0. The molecule has 0 spiro atoms. The van der Waals surface area contributed by atoms with Crippen LogP contribution < -0.4 is 5.32 Å². The zero-order valence-corrected chi connectivity index (χ0v) is 11.5. The van der Waals surface area contributed by atoms with E-state index in [2.05, 4.69) is 10.3 Å². The highest BCUT2D eigenvalue weighted by molar-refractivity contribution is 7.15. The number of thiazole rings is 1. The Bertz CT molecular complexity index is 508. The highest BCUT2D eigenvalue weighted by Gasteiger charge is 2.11. The smallest absolute Gasteiger partial charge is 0.0947 e. The van der Waals surface area contributed by atoms with Crippen molar-refractivity contribution in [1.29, 1.82) is 0 Å². The molecule has 0 unspecified atom stereocenters. The van der Waals surface area contributed by atoms with Crippen molar-refractivity contribution in [2.75, 3.05) is 13.6 Å². The molecule has 0 saturated heterocycles. The van der Waals surface area contributed by atoms with Gasteiger partial charge in [0, 0.05) is 23.6 Å². The minimum absolute atomic E-state index is 0.791. The van der Waals surface area contributed by atoms with E-state index >= 15 is 0 Å². The van der Waals surface area contributed by atoms with E-state index in [1.54, 1.807) is 11.3 Å². The fourth-order valence-corrected chi connectivity index (χ4v) is 3.08. The van der Waals surface area contributed by atoms with Gasteiger partial charge in [-0.3, -0.25) is 0 Å². The fourth-order valence-electron chi connectivity index (χ4n) is 1.69. The van der Waals surface area contributed by atoms with Gasteiger partial charge < -0.3 is 5.32 Å². The lowest BCUT2D eigenvalue weighted by molar-refractivity contribution is 0.786. The summed E-state index contributed by atoms with van der Waals surface area (Å²) < 4.78 is 0. The molecule has 1 aromatic heterocycles. The van der Waals surface area contributed by atoms with Crippen molar-refractivity contribution in [1.82, 2.24) is 10.3 Å². The van der Waals surface area contributed by atoms with E-state index in [-0.39, 0.29) is 0 Å². The molecule has 0 aliphatic carbocycles. The van der Waals surface area contributed by atoms with Gasteiger partial charge in [-0.1, -0.05) is 29.8 Å². The van der Waals surface area contributed by atoms with E-state index in [1.165, 1.54) is 4.88 Å². The molecule has 2 aromatic rings. The molecule has 0 atom stereocenters. The van der Waals surface area contributed by atoms with Gasteiger partial charge in [-0.15, -0.1) is 11.3 Å². The minimum atomic E-state index is 0.791. The first kappa shape index (κ1) is 12.6. The molecule has 2 rings (SSSR count). The third kappa shape index (κ3) is 2.86. The maximum atomic E-state index is 6.21. The van der Waals surface area contributed by atoms with Crippen molar-refractivity contribution in [2.45, 2.75) is 13.3 Å². The summed E-state index contributed by atoms with van der Waals surface area (Å²) in [5, 5.41) is 5.09. The Morgan fingerprint density at radius 3 is 2.82 bits per heavy atom. The van der Waals surface area contributed by atoms with Gasteiger partial charge in [0.25, 0.3) is 0 Å². The largest absolute Gasteiger partial charge is 0.319 e. The Morgan fingerprint density at radius 1 is 1.35 bits per heavy atom. The van der Waals surface area contributed by atoms with Crippen LogP contribution >= 0.6 is 22.9 Å². The molecule has 0 radical (unpaired) electrons. The van der Waals surface area contributed by atoms with Crippen molar-refractivity contribution >= 4 is 22.9 Å². The lowest BCUT2D eigenvalue weighted by atomic mass is 10.1. The third-order valence-corrected chi connectivity index (χ3v) is 4.13. The van der Waals surface area contributed by atoms with Crippen LogP contribution in [0.2, 0.25) is 5.02 Å². The van der Waals surface area contributed by atoms with Crippen LogP contribution in [0.5, 0.6) is 0 Å². The van der Waals surface area contributed by atoms with Crippen LogP contribution in [-0.4, -0.2) is 18.6 Å². The monoisotopic (exact) mass is 266 g/mol. The number of rotatable bonds is 4. The van der Waals surface area contributed by atoms with Crippen molar-refractivity contribution in [3.8, 4) is 10.4 Å². The van der Waals surface area contributed by atoms with Crippen molar-refractivity contribution < 1.29 is 0 Å². The fraction of sp³-hybridized carbons (Fsp3) is 0.308. The number of nitrogens with zero attached hydrogens (tertiary/aromatic N) is 1. The molecule has 2 nitrogen and oxygen atoms in total. The molecule has 1 aromatic carbocycles. The number of aryl methyl sites for hydroxylation is 1. The molecule has 0 aliphatic heterocycles. The van der Waals surface area contributed by atoms with Gasteiger partial charge in [-0.2, -0.15) is 0 Å². The second-order valence-electron chi connectivity index (χ2n) is 3.86. The quantitative estimate of drug-likeness (QED) is 0.916. The van der Waals surface area contributed by atoms with Crippen LogP contribution in [-0.2, 0) is 6.42 Å². The van der Waals surface area contributed by atoms with E-state index in [0.717, 1.165) is 34.3 Å². The van der Waals surface area contributed by atoms with E-state index in [4.69, 9.17) is 11.6 Å². The summed E-state index contributed by atoms with van der Waals surface area (Å²) in [7, 11) is 1.95. The van der Waals surface area contributed by atoms with E-state index < -0.39 is 0 Å². The Morgan fingerprint density at radius 2 is 2.12 bits per heavy atom. The average Bonchev–Trinajstić information content (AvgIpc) is 2.68. The molecule has 0 bridgehead atoms. The summed E-state index contributed by atoms with van der Waals surface area (Å²) in [6.07, 6.45) is 0.965. The van der Waals surface area contributed by atoms with Gasteiger partial charge >= 0.3 is 0 Å². The second-order valence-corrected chi connectivity index (χ2v) is 5.35. The molecule has 0 fully saturated rings. The molecule has 17 heavy (non-hydrogen) atoms. The van der Waals surface area contributed by atoms with Gasteiger partial charge in [0.15, 0.2) is 0 Å². The molecule has 0 saturated carbocycles. The number of hydrogen-bond donors (Lipinski definition) is 1. The number of hydrogen-bond acceptors (Lipinski definition) is 3. The zero-order chi connectivity index (χ0) is 12.3. The average molecular weight is 267 g/mol. The van der Waals surface area contributed by atoms with Gasteiger partial charge in [0.05, 0.1) is 15.6 Å². The molecular weight excluding hydrogens is 252 g/mol. The van der Waals surface area contributed by atoms with Crippen molar-refractivity contribution in [3.05, 3.63) is 40.0 Å². The molecule has 0 amide bonds. The van der Waals surface area contributed by atoms with Crippen LogP contribution in [0.25, 0.3) is 10.4 Å². The molecular formula is C13H15ClN2S. The Balaban J connectivity index is 2.33. The molecule has 0 aliphatic rings. The summed E-state index contributed by atoms with van der Waals surface area (Å²) in [5.41, 5.74) is 2.15. The maximum absolute atomic E-state index is 6.21. The summed E-state index contributed by atoms with van der Waals surface area (Å²) in [6, 6.07) is 7.92. The topological polar surface area (TPSA) is 24.9 Å². The van der Waals surface area contributed by atoms with Crippen LogP contribution in [0.4, 0.5) is 0 Å². The summed E-state index contributed by atoms with van der Waals surface area (Å²) >= 11 is 7.94. The molecule has 1 N–H and O–H groups in total. The van der Waals surface area contributed by atoms with E-state index in [0.29, 0.717) is 0 Å². The first-order chi connectivity index (χ1) is 8.22. The summed E-state index contributed by atoms with van der Waals surface area (Å²) in [6.45, 7) is 2.99. The number of benzene rings is 1. The van der Waals surface area contributed by atoms with Crippen molar-refractivity contribution in [2.24, 2.45) is 0 Å². The SMILES string of the molecule is CNCCc1nc(C)c(-c2ccccc2Cl)s1. The number of likely N-dealkylation sites (N-methyl/N-ethyl adjacent to an activating group) is 1. The highest BCUT2D eigenvalue weighted by Crippen LogP contribution is 2.34. The molecule has 90 valence electrons. The lowest BCUT2D eigenvalue weighted by Crippen LogP contribution is -2.09. The lowest BCUT2D eigenvalue weighted by Gasteiger charge is -2.00. The number of nitrogens with one attached hydrogen (secondary N) is 1. The van der Waals surface area contributed by atoms with E-state index in [9.17, 15) is 0 Å². The minimum Gasteiger partial charge on any atom is -0.319 e. The molecule has 4 heteroatoms. The van der Waals surface area contributed by atoms with Crippen LogP contribution in [0.15, 0.2) is 24.3 Å². The van der Waals surface area contributed by atoms with Crippen molar-refractivity contribution in [3.63, 3.8) is 0 Å². The highest BCUT2D eigenvalue weighted by atomic mass is 35.5. The Hall–Kier alpha value is -0.900. The van der Waals surface area contributed by atoms with E-state index in [1.807, 2.05) is 38.2 Å². The first-order valence-corrected chi connectivity index (χ1v) is 6.77. The van der Waals surface area contributed by atoms with Crippen LogP contribution in [0, 0.1) is 6.92 Å². The standard InChI is InChI=1S/C13H15ClN2S/c1-9-13(10-5-3-4-6-11(10)14)17-12(16-9)7-8-15-2/h3-6,15H,7-8H2,1-2H3. The Labute approximate surface area is 111 Å². The predicted octanol–water partition coefficient (Wildman–Crippen LogP) is 3.53. The van der Waals surface area contributed by atoms with Gasteiger partial charge in [-0.25, -0.2) is 4.98 Å². The van der Waals surface area contributed by atoms with Crippen LogP contribution in [0.3, 0.4) is 0 Å². The number of aromatic nitrogens is 1. The maximum Gasteiger partial charge on any atom is 0.0947 e. The second kappa shape index (κ2) is 5.63. The van der Waals surface area contributed by atoms with Gasteiger partial charge in [0.2, 0.25) is 0 Å². The number of halogens is 1. The van der Waals surface area contributed by atoms with Gasteiger partial charge in [0.1, 0.15) is 0 Å². The molecule has 1 heterocycles. The predicted molar refractivity (Wildman–Crippen MR) is 74.9 cm³/mol. The van der Waals surface area contributed by atoms with Crippen LogP contribution in [0.1, 0.15) is 10.7 Å². The first-order valence-electron chi connectivity index (χ1n) is 5.58. The third-order valence-electron chi connectivity index (χ3n) is 2.55. The zero-order valence-electron chi connectivity index (χ0n) is 9.96. The Kier molecular flexibility index (Phi) is 4.15. The summed E-state index contributed by atoms with van der Waals surface area (Å²) in [4.78, 5) is 5.77.